The molecule has 7 nitrogen and oxygen atoms in total. The highest BCUT2D eigenvalue weighted by Gasteiger charge is 2.22. The summed E-state index contributed by atoms with van der Waals surface area (Å²) in [5.41, 5.74) is 3.59. The number of fused-ring (bicyclic) bond motifs is 1. The van der Waals surface area contributed by atoms with Crippen molar-refractivity contribution in [1.82, 2.24) is 19.7 Å². The summed E-state index contributed by atoms with van der Waals surface area (Å²) in [5.74, 6) is -0.327. The zero-order valence-electron chi connectivity index (χ0n) is 22.9. The van der Waals surface area contributed by atoms with Crippen LogP contribution in [0.3, 0.4) is 0 Å². The third kappa shape index (κ3) is 6.00. The Bertz CT molecular complexity index is 1780. The molecule has 1 fully saturated rings. The Morgan fingerprint density at radius 3 is 2.67 bits per heavy atom. The number of benzene rings is 3. The Balaban J connectivity index is 1.15. The predicted molar refractivity (Wildman–Crippen MR) is 160 cm³/mol. The normalized spacial score (nSPS) is 15.9. The van der Waals surface area contributed by atoms with Crippen LogP contribution in [-0.2, 0) is 17.8 Å². The van der Waals surface area contributed by atoms with Crippen molar-refractivity contribution in [2.24, 2.45) is 0 Å². The molecule has 1 aliphatic rings. The fourth-order valence-electron chi connectivity index (χ4n) is 5.32. The first-order chi connectivity index (χ1) is 20.5. The van der Waals surface area contributed by atoms with Crippen LogP contribution in [-0.4, -0.2) is 26.9 Å². The average molecular weight is 585 g/mol. The molecular weight excluding hydrogens is 555 g/mol. The second-order valence-electron chi connectivity index (χ2n) is 10.5. The van der Waals surface area contributed by atoms with Crippen molar-refractivity contribution in [2.75, 3.05) is 6.61 Å². The average Bonchev–Trinajstić information content (AvgIpc) is 3.39. The second-order valence-corrected chi connectivity index (χ2v) is 10.9. The molecule has 0 aliphatic carbocycles. The first-order valence-corrected chi connectivity index (χ1v) is 14.4. The number of carbonyl (C=O) groups is 1. The van der Waals surface area contributed by atoms with E-state index in [1.807, 2.05) is 35.0 Å². The molecule has 1 saturated heterocycles. The van der Waals surface area contributed by atoms with Crippen molar-refractivity contribution < 1.29 is 13.9 Å². The molecular formula is C33H30ClFN4O3. The fourth-order valence-corrected chi connectivity index (χ4v) is 5.49. The van der Waals surface area contributed by atoms with E-state index in [0.29, 0.717) is 40.6 Å². The summed E-state index contributed by atoms with van der Waals surface area (Å²) in [5, 5.41) is 9.16. The SMILES string of the molecule is O=C(NCc1nn(C2CCCCO2)c2ccc(Cl)cc12)c1cccc(C(F)c2ccc(Cn3ccccc3=O)cc2)c1. The molecule has 42 heavy (non-hydrogen) atoms. The number of halogens is 2. The molecule has 0 radical (unpaired) electrons. The monoisotopic (exact) mass is 584 g/mol. The Kier molecular flexibility index (Phi) is 8.17. The summed E-state index contributed by atoms with van der Waals surface area (Å²) >= 11 is 6.29. The highest BCUT2D eigenvalue weighted by atomic mass is 35.5. The molecule has 6 rings (SSSR count). The Hall–Kier alpha value is -4.27. The van der Waals surface area contributed by atoms with Gasteiger partial charge >= 0.3 is 0 Å². The van der Waals surface area contributed by atoms with E-state index in [9.17, 15) is 9.59 Å². The summed E-state index contributed by atoms with van der Waals surface area (Å²) in [6, 6.07) is 24.2. The number of nitrogens with one attached hydrogen (secondary N) is 1. The van der Waals surface area contributed by atoms with Gasteiger partial charge < -0.3 is 14.6 Å². The molecule has 0 saturated carbocycles. The summed E-state index contributed by atoms with van der Waals surface area (Å²) in [4.78, 5) is 25.1. The maximum atomic E-state index is 15.6. The fraction of sp³-hybridized carbons (Fsp3) is 0.242. The molecule has 1 N–H and O–H groups in total. The molecule has 2 atom stereocenters. The molecule has 3 heterocycles. The van der Waals surface area contributed by atoms with Gasteiger partial charge in [-0.25, -0.2) is 9.07 Å². The molecule has 0 bridgehead atoms. The number of alkyl halides is 1. The van der Waals surface area contributed by atoms with Crippen LogP contribution in [0.5, 0.6) is 0 Å². The van der Waals surface area contributed by atoms with Crippen LogP contribution in [0, 0.1) is 0 Å². The van der Waals surface area contributed by atoms with E-state index >= 15 is 4.39 Å². The maximum absolute atomic E-state index is 15.6. The smallest absolute Gasteiger partial charge is 0.251 e. The number of rotatable bonds is 8. The van der Waals surface area contributed by atoms with Gasteiger partial charge in [0.15, 0.2) is 12.4 Å². The first kappa shape index (κ1) is 27.9. The molecule has 1 aliphatic heterocycles. The van der Waals surface area contributed by atoms with Crippen LogP contribution >= 0.6 is 11.6 Å². The molecule has 2 aromatic heterocycles. The van der Waals surface area contributed by atoms with E-state index in [4.69, 9.17) is 21.4 Å². The lowest BCUT2D eigenvalue weighted by Gasteiger charge is -2.23. The lowest BCUT2D eigenvalue weighted by atomic mass is 9.99. The van der Waals surface area contributed by atoms with Crippen LogP contribution in [0.4, 0.5) is 4.39 Å². The highest BCUT2D eigenvalue weighted by molar-refractivity contribution is 6.31. The number of ether oxygens (including phenoxy) is 1. The Morgan fingerprint density at radius 2 is 1.88 bits per heavy atom. The van der Waals surface area contributed by atoms with Crippen molar-refractivity contribution in [1.29, 1.82) is 0 Å². The van der Waals surface area contributed by atoms with Crippen molar-refractivity contribution in [2.45, 2.75) is 44.8 Å². The van der Waals surface area contributed by atoms with E-state index in [1.54, 1.807) is 59.3 Å². The van der Waals surface area contributed by atoms with Gasteiger partial charge in [0.2, 0.25) is 0 Å². The van der Waals surface area contributed by atoms with E-state index in [-0.39, 0.29) is 24.2 Å². The number of aromatic nitrogens is 3. The van der Waals surface area contributed by atoms with Gasteiger partial charge in [0, 0.05) is 34.8 Å². The number of hydrogen-bond donors (Lipinski definition) is 1. The van der Waals surface area contributed by atoms with E-state index in [0.717, 1.165) is 35.7 Å². The van der Waals surface area contributed by atoms with Crippen LogP contribution in [0.25, 0.3) is 10.9 Å². The lowest BCUT2D eigenvalue weighted by Crippen LogP contribution is -2.24. The third-order valence-corrected chi connectivity index (χ3v) is 7.79. The highest BCUT2D eigenvalue weighted by Crippen LogP contribution is 2.30. The molecule has 0 spiro atoms. The summed E-state index contributed by atoms with van der Waals surface area (Å²) < 4.78 is 25.0. The number of carbonyl (C=O) groups excluding carboxylic acids is 1. The maximum Gasteiger partial charge on any atom is 0.251 e. The van der Waals surface area contributed by atoms with Crippen molar-refractivity contribution in [3.05, 3.63) is 134 Å². The van der Waals surface area contributed by atoms with E-state index in [1.165, 1.54) is 6.07 Å². The van der Waals surface area contributed by atoms with Gasteiger partial charge in [-0.05, 0) is 72.4 Å². The van der Waals surface area contributed by atoms with Crippen molar-refractivity contribution in [3.63, 3.8) is 0 Å². The molecule has 9 heteroatoms. The second kappa shape index (κ2) is 12.3. The number of pyridine rings is 1. The Morgan fingerprint density at radius 1 is 1.02 bits per heavy atom. The van der Waals surface area contributed by atoms with Gasteiger partial charge in [-0.15, -0.1) is 0 Å². The third-order valence-electron chi connectivity index (χ3n) is 7.56. The first-order valence-electron chi connectivity index (χ1n) is 14.0. The van der Waals surface area contributed by atoms with Crippen molar-refractivity contribution in [3.8, 4) is 0 Å². The lowest BCUT2D eigenvalue weighted by molar-refractivity contribution is -0.0369. The minimum absolute atomic E-state index is 0.0939. The van der Waals surface area contributed by atoms with Crippen LogP contribution in [0.2, 0.25) is 5.02 Å². The predicted octanol–water partition coefficient (Wildman–Crippen LogP) is 6.59. The van der Waals surface area contributed by atoms with Gasteiger partial charge in [0.1, 0.15) is 0 Å². The molecule has 2 unspecified atom stereocenters. The Labute approximate surface area is 247 Å². The number of nitrogens with zero attached hydrogens (tertiary/aromatic N) is 3. The quantitative estimate of drug-likeness (QED) is 0.223. The largest absolute Gasteiger partial charge is 0.356 e. The molecule has 5 aromatic rings. The molecule has 1 amide bonds. The summed E-state index contributed by atoms with van der Waals surface area (Å²) in [6.45, 7) is 1.28. The van der Waals surface area contributed by atoms with Crippen LogP contribution in [0.15, 0.2) is 95.9 Å². The van der Waals surface area contributed by atoms with Gasteiger partial charge in [0.05, 0.1) is 24.3 Å². The molecule has 3 aromatic carbocycles. The number of amides is 1. The summed E-state index contributed by atoms with van der Waals surface area (Å²) in [6.07, 6.45) is 3.13. The van der Waals surface area contributed by atoms with Gasteiger partial charge in [-0.3, -0.25) is 9.59 Å². The minimum Gasteiger partial charge on any atom is -0.356 e. The molecule has 214 valence electrons. The summed E-state index contributed by atoms with van der Waals surface area (Å²) in [7, 11) is 0. The number of hydrogen-bond acceptors (Lipinski definition) is 4. The van der Waals surface area contributed by atoms with Crippen LogP contribution < -0.4 is 10.9 Å². The minimum atomic E-state index is -1.41. The van der Waals surface area contributed by atoms with Gasteiger partial charge in [-0.2, -0.15) is 5.10 Å². The zero-order valence-corrected chi connectivity index (χ0v) is 23.6. The van der Waals surface area contributed by atoms with Gasteiger partial charge in [0.25, 0.3) is 11.5 Å². The van der Waals surface area contributed by atoms with E-state index in [2.05, 4.69) is 5.32 Å². The topological polar surface area (TPSA) is 78.2 Å². The van der Waals surface area contributed by atoms with Gasteiger partial charge in [-0.1, -0.05) is 54.1 Å². The standard InChI is InChI=1S/C33H30ClFN4O3/c34-26-14-15-29-27(19-26)28(37-39(29)31-9-2-4-17-42-31)20-36-33(41)25-7-5-6-24(18-25)32(35)23-12-10-22(11-13-23)21-38-16-3-1-8-30(38)40/h1,3,5-8,10-16,18-19,31-32H,2,4,9,17,20-21H2,(H,36,41). The van der Waals surface area contributed by atoms with E-state index < -0.39 is 6.17 Å². The van der Waals surface area contributed by atoms with Crippen LogP contribution in [0.1, 0.15) is 64.4 Å². The zero-order chi connectivity index (χ0) is 29.1. The van der Waals surface area contributed by atoms with Crippen molar-refractivity contribution >= 4 is 28.4 Å².